The second kappa shape index (κ2) is 8.70. The fraction of sp³-hybridized carbons (Fsp3) is 0.296. The number of esters is 1. The van der Waals surface area contributed by atoms with Gasteiger partial charge in [-0.15, -0.1) is 0 Å². The van der Waals surface area contributed by atoms with Crippen molar-refractivity contribution < 1.29 is 9.53 Å². The molecule has 0 saturated heterocycles. The maximum absolute atomic E-state index is 12.3. The number of carbonyl (C=O) groups excluding carboxylic acids is 1. The Kier molecular flexibility index (Phi) is 5.58. The van der Waals surface area contributed by atoms with Crippen molar-refractivity contribution in [2.45, 2.75) is 52.5 Å². The van der Waals surface area contributed by atoms with Gasteiger partial charge in [0.25, 0.3) is 0 Å². The van der Waals surface area contributed by atoms with Crippen LogP contribution in [0.4, 0.5) is 0 Å². The minimum Gasteiger partial charge on any atom is -0.424 e. The number of hydrogen-bond acceptors (Lipinski definition) is 4. The van der Waals surface area contributed by atoms with E-state index in [1.165, 1.54) is 5.56 Å². The number of imidazole rings is 1. The first-order valence-electron chi connectivity index (χ1n) is 11.7. The molecule has 0 spiro atoms. The van der Waals surface area contributed by atoms with Crippen molar-refractivity contribution >= 4 is 33.7 Å². The van der Waals surface area contributed by atoms with Gasteiger partial charge >= 0.3 is 5.97 Å². The Morgan fingerprint density at radius 3 is 2.52 bits per heavy atom. The molecule has 0 saturated carbocycles. The summed E-state index contributed by atoms with van der Waals surface area (Å²) in [6.45, 7) is 6.09. The lowest BCUT2D eigenvalue weighted by molar-refractivity contribution is -0.133. The van der Waals surface area contributed by atoms with Crippen LogP contribution in [-0.4, -0.2) is 24.9 Å². The molecular formula is C27H28N4O2. The van der Waals surface area contributed by atoms with Crippen molar-refractivity contribution in [1.82, 2.24) is 18.9 Å². The fourth-order valence-electron chi connectivity index (χ4n) is 4.45. The number of ether oxygens (including phenoxy) is 1. The van der Waals surface area contributed by atoms with Crippen LogP contribution in [0.2, 0.25) is 0 Å². The van der Waals surface area contributed by atoms with Crippen LogP contribution in [0, 0.1) is 0 Å². The second-order valence-corrected chi connectivity index (χ2v) is 8.44. The van der Waals surface area contributed by atoms with Crippen LogP contribution in [0.3, 0.4) is 0 Å². The maximum atomic E-state index is 12.3. The highest BCUT2D eigenvalue weighted by Crippen LogP contribution is 2.36. The predicted molar refractivity (Wildman–Crippen MR) is 131 cm³/mol. The molecule has 0 aliphatic carbocycles. The first kappa shape index (κ1) is 21.2. The number of aromatic nitrogens is 4. The Balaban J connectivity index is 1.69. The lowest BCUT2D eigenvalue weighted by atomic mass is 10.1. The second-order valence-electron chi connectivity index (χ2n) is 8.44. The summed E-state index contributed by atoms with van der Waals surface area (Å²) in [4.78, 5) is 22.3. The minimum atomic E-state index is -0.264. The molecule has 0 fully saturated rings. The molecule has 3 heterocycles. The molecule has 168 valence electrons. The third-order valence-corrected chi connectivity index (χ3v) is 6.25. The highest BCUT2D eigenvalue weighted by molar-refractivity contribution is 6.01. The van der Waals surface area contributed by atoms with E-state index in [1.54, 1.807) is 6.92 Å². The van der Waals surface area contributed by atoms with Crippen LogP contribution < -0.4 is 4.74 Å². The zero-order valence-electron chi connectivity index (χ0n) is 19.3. The molecule has 1 atom stereocenters. The molecule has 0 unspecified atom stereocenters. The number of aryl methyl sites for hydroxylation is 2. The van der Waals surface area contributed by atoms with E-state index in [1.807, 2.05) is 30.5 Å². The van der Waals surface area contributed by atoms with Gasteiger partial charge in [-0.05, 0) is 37.5 Å². The zero-order chi connectivity index (χ0) is 22.9. The van der Waals surface area contributed by atoms with Crippen LogP contribution in [0.15, 0.2) is 60.8 Å². The number of para-hydroxylation sites is 2. The van der Waals surface area contributed by atoms with Gasteiger partial charge in [0.2, 0.25) is 0 Å². The smallest absolute Gasteiger partial charge is 0.310 e. The highest BCUT2D eigenvalue weighted by Gasteiger charge is 2.23. The molecule has 33 heavy (non-hydrogen) atoms. The molecule has 2 aromatic carbocycles. The molecule has 0 amide bonds. The highest BCUT2D eigenvalue weighted by atomic mass is 16.5. The largest absolute Gasteiger partial charge is 0.424 e. The molecule has 0 aliphatic heterocycles. The summed E-state index contributed by atoms with van der Waals surface area (Å²) >= 11 is 0. The van der Waals surface area contributed by atoms with E-state index in [0.717, 1.165) is 52.8 Å². The normalized spacial score (nSPS) is 12.6. The molecule has 6 nitrogen and oxygen atoms in total. The number of rotatable bonds is 7. The van der Waals surface area contributed by atoms with Crippen LogP contribution in [0.25, 0.3) is 27.7 Å². The third-order valence-electron chi connectivity index (χ3n) is 6.25. The Labute approximate surface area is 192 Å². The molecule has 5 rings (SSSR count). The van der Waals surface area contributed by atoms with Gasteiger partial charge in [-0.1, -0.05) is 56.3 Å². The molecule has 6 heteroatoms. The number of nitrogens with zero attached hydrogens (tertiary/aromatic N) is 4. The summed E-state index contributed by atoms with van der Waals surface area (Å²) in [6, 6.07) is 18.7. The summed E-state index contributed by atoms with van der Waals surface area (Å²) in [5.41, 5.74) is 4.82. The summed E-state index contributed by atoms with van der Waals surface area (Å²) in [7, 11) is 0. The van der Waals surface area contributed by atoms with Gasteiger partial charge in [0.05, 0.1) is 11.0 Å². The predicted octanol–water partition coefficient (Wildman–Crippen LogP) is 5.91. The molecule has 0 aliphatic rings. The van der Waals surface area contributed by atoms with Gasteiger partial charge in [0.1, 0.15) is 16.9 Å². The molecule has 0 radical (unpaired) electrons. The summed E-state index contributed by atoms with van der Waals surface area (Å²) in [5.74, 6) is 1.20. The Bertz CT molecular complexity index is 1450. The average Bonchev–Trinajstić information content (AvgIpc) is 3.41. The summed E-state index contributed by atoms with van der Waals surface area (Å²) < 4.78 is 10.0. The van der Waals surface area contributed by atoms with Crippen molar-refractivity contribution in [1.29, 1.82) is 0 Å². The number of hydrogen-bond donors (Lipinski definition) is 0. The van der Waals surface area contributed by atoms with Gasteiger partial charge in [-0.25, -0.2) is 9.97 Å². The van der Waals surface area contributed by atoms with Crippen molar-refractivity contribution in [2.24, 2.45) is 0 Å². The molecule has 0 N–H and O–H groups in total. The Morgan fingerprint density at radius 1 is 1.00 bits per heavy atom. The topological polar surface area (TPSA) is 61.4 Å². The van der Waals surface area contributed by atoms with Gasteiger partial charge in [-0.2, -0.15) is 0 Å². The monoisotopic (exact) mass is 440 g/mol. The van der Waals surface area contributed by atoms with E-state index in [0.29, 0.717) is 12.2 Å². The first-order valence-corrected chi connectivity index (χ1v) is 11.7. The van der Waals surface area contributed by atoms with Crippen LogP contribution in [-0.2, 0) is 17.6 Å². The quantitative estimate of drug-likeness (QED) is 0.295. The number of carbonyl (C=O) groups is 1. The van der Waals surface area contributed by atoms with Crippen LogP contribution in [0.1, 0.15) is 51.0 Å². The molecular weight excluding hydrogens is 412 g/mol. The lowest BCUT2D eigenvalue weighted by Crippen LogP contribution is -2.08. The minimum absolute atomic E-state index is 0.172. The van der Waals surface area contributed by atoms with E-state index < -0.39 is 0 Å². The van der Waals surface area contributed by atoms with E-state index in [4.69, 9.17) is 14.7 Å². The third kappa shape index (κ3) is 3.75. The summed E-state index contributed by atoms with van der Waals surface area (Å²) in [6.07, 6.45) is 4.91. The standard InChI is InChI=1S/C27H28N4O2/c1-4-23-29-26-25(27-28-20-13-9-10-14-21(20)31(23)27)22(33-24(32)5-2)17-30(26)18(3)15-16-19-11-7-6-8-12-19/h6-14,17-18H,4-5,15-16H2,1-3H3/t18-/m0/s1. The van der Waals surface area contributed by atoms with Gasteiger partial charge in [-0.3, -0.25) is 9.20 Å². The van der Waals surface area contributed by atoms with Gasteiger partial charge < -0.3 is 9.30 Å². The van der Waals surface area contributed by atoms with Crippen LogP contribution in [0.5, 0.6) is 5.75 Å². The van der Waals surface area contributed by atoms with Crippen molar-refractivity contribution in [3.8, 4) is 5.75 Å². The lowest BCUT2D eigenvalue weighted by Gasteiger charge is -2.15. The van der Waals surface area contributed by atoms with E-state index >= 15 is 0 Å². The van der Waals surface area contributed by atoms with E-state index in [-0.39, 0.29) is 12.0 Å². The molecule has 3 aromatic heterocycles. The van der Waals surface area contributed by atoms with Crippen LogP contribution >= 0.6 is 0 Å². The van der Waals surface area contributed by atoms with Gasteiger partial charge in [0, 0.05) is 25.1 Å². The van der Waals surface area contributed by atoms with Crippen molar-refractivity contribution in [3.05, 3.63) is 72.2 Å². The molecule has 5 aromatic rings. The first-order chi connectivity index (χ1) is 16.1. The number of fused-ring (bicyclic) bond motifs is 5. The number of benzene rings is 2. The van der Waals surface area contributed by atoms with Crippen molar-refractivity contribution in [3.63, 3.8) is 0 Å². The maximum Gasteiger partial charge on any atom is 0.310 e. The average molecular weight is 441 g/mol. The SMILES string of the molecule is CCC(=O)Oc1cn([C@@H](C)CCc2ccccc2)c2nc(CC)n3c4ccccc4nc3c12. The van der Waals surface area contributed by atoms with E-state index in [9.17, 15) is 4.79 Å². The van der Waals surface area contributed by atoms with E-state index in [2.05, 4.69) is 53.1 Å². The van der Waals surface area contributed by atoms with Crippen molar-refractivity contribution in [2.75, 3.05) is 0 Å². The Morgan fingerprint density at radius 2 is 1.76 bits per heavy atom. The van der Waals surface area contributed by atoms with Gasteiger partial charge in [0.15, 0.2) is 11.4 Å². The Hall–Kier alpha value is -3.67. The summed E-state index contributed by atoms with van der Waals surface area (Å²) in [5, 5.41) is 0.789. The molecule has 0 bridgehead atoms. The fourth-order valence-corrected chi connectivity index (χ4v) is 4.45. The zero-order valence-corrected chi connectivity index (χ0v) is 19.3.